The molecule has 21 heavy (non-hydrogen) atoms. The number of carbonyl (C=O) groups excluding carboxylic acids is 2. The molecule has 1 N–H and O–H groups in total. The van der Waals surface area contributed by atoms with Gasteiger partial charge in [-0.15, -0.1) is 0 Å². The van der Waals surface area contributed by atoms with E-state index >= 15 is 0 Å². The molecule has 0 bridgehead atoms. The first kappa shape index (κ1) is 15.2. The van der Waals surface area contributed by atoms with Gasteiger partial charge < -0.3 is 9.88 Å². The van der Waals surface area contributed by atoms with Gasteiger partial charge in [0.05, 0.1) is 0 Å². The second-order valence-electron chi connectivity index (χ2n) is 4.50. The first-order valence-electron chi connectivity index (χ1n) is 6.22. The van der Waals surface area contributed by atoms with Gasteiger partial charge in [0.2, 0.25) is 5.91 Å². The lowest BCUT2D eigenvalue weighted by molar-refractivity contribution is -0.116. The van der Waals surface area contributed by atoms with Gasteiger partial charge in [-0.3, -0.25) is 14.4 Å². The highest BCUT2D eigenvalue weighted by molar-refractivity contribution is 9.10. The van der Waals surface area contributed by atoms with E-state index in [2.05, 4.69) is 21.2 Å². The predicted octanol–water partition coefficient (Wildman–Crippen LogP) is 2.45. The van der Waals surface area contributed by atoms with Crippen LogP contribution in [0.3, 0.4) is 0 Å². The summed E-state index contributed by atoms with van der Waals surface area (Å²) >= 11 is 3.25. The first-order valence-corrected chi connectivity index (χ1v) is 7.02. The monoisotopic (exact) mass is 348 g/mol. The standard InChI is InChI=1S/C15H13BrN2O3/c1-10(19)11-3-2-4-13(7-11)17-14(20)9-18-8-12(16)5-6-15(18)21/h2-8H,9H2,1H3,(H,17,20). The van der Waals surface area contributed by atoms with Crippen LogP contribution in [0.25, 0.3) is 0 Å². The minimum atomic E-state index is -0.337. The number of Topliss-reactive ketones (excluding diaryl/α,β-unsaturated/α-hetero) is 1. The Balaban J connectivity index is 2.11. The van der Waals surface area contributed by atoms with Crippen LogP contribution in [0.2, 0.25) is 0 Å². The van der Waals surface area contributed by atoms with Crippen LogP contribution in [0.5, 0.6) is 0 Å². The Hall–Kier alpha value is -2.21. The highest BCUT2D eigenvalue weighted by Gasteiger charge is 2.07. The number of hydrogen-bond acceptors (Lipinski definition) is 3. The fourth-order valence-electron chi connectivity index (χ4n) is 1.80. The van der Waals surface area contributed by atoms with Crippen LogP contribution in [-0.4, -0.2) is 16.3 Å². The Kier molecular flexibility index (Phi) is 4.70. The van der Waals surface area contributed by atoms with E-state index in [4.69, 9.17) is 0 Å². The number of anilines is 1. The van der Waals surface area contributed by atoms with Gasteiger partial charge in [0.1, 0.15) is 6.54 Å². The zero-order valence-electron chi connectivity index (χ0n) is 11.3. The molecule has 1 aromatic carbocycles. The summed E-state index contributed by atoms with van der Waals surface area (Å²) in [6.07, 6.45) is 1.55. The Morgan fingerprint density at radius 3 is 2.71 bits per heavy atom. The van der Waals surface area contributed by atoms with Crippen LogP contribution in [0, 0.1) is 0 Å². The van der Waals surface area contributed by atoms with Gasteiger partial charge >= 0.3 is 0 Å². The summed E-state index contributed by atoms with van der Waals surface area (Å²) in [6, 6.07) is 9.66. The molecular formula is C15H13BrN2O3. The summed E-state index contributed by atoms with van der Waals surface area (Å²) in [7, 11) is 0. The van der Waals surface area contributed by atoms with Gasteiger partial charge in [0.25, 0.3) is 5.56 Å². The van der Waals surface area contributed by atoms with Crippen molar-refractivity contribution in [3.05, 3.63) is 63.0 Å². The summed E-state index contributed by atoms with van der Waals surface area (Å²) in [6.45, 7) is 1.37. The van der Waals surface area contributed by atoms with Crippen LogP contribution in [0.1, 0.15) is 17.3 Å². The van der Waals surface area contributed by atoms with E-state index in [1.54, 1.807) is 36.5 Å². The average Bonchev–Trinajstić information content (AvgIpc) is 2.43. The number of amides is 1. The number of hydrogen-bond donors (Lipinski definition) is 1. The molecule has 2 rings (SSSR count). The molecule has 1 amide bonds. The van der Waals surface area contributed by atoms with E-state index in [0.717, 1.165) is 0 Å². The molecule has 1 aromatic heterocycles. The van der Waals surface area contributed by atoms with Crippen molar-refractivity contribution in [3.63, 3.8) is 0 Å². The molecule has 1 heterocycles. The van der Waals surface area contributed by atoms with Crippen LogP contribution in [-0.2, 0) is 11.3 Å². The van der Waals surface area contributed by atoms with Crippen molar-refractivity contribution in [3.8, 4) is 0 Å². The van der Waals surface area contributed by atoms with E-state index in [0.29, 0.717) is 15.7 Å². The number of pyridine rings is 1. The van der Waals surface area contributed by atoms with Crippen molar-refractivity contribution >= 4 is 33.3 Å². The predicted molar refractivity (Wildman–Crippen MR) is 83.5 cm³/mol. The summed E-state index contributed by atoms with van der Waals surface area (Å²) in [4.78, 5) is 34.9. The van der Waals surface area contributed by atoms with Crippen molar-refractivity contribution < 1.29 is 9.59 Å². The molecule has 0 aliphatic heterocycles. The summed E-state index contributed by atoms with van der Waals surface area (Å²) in [5.74, 6) is -0.412. The number of nitrogens with zero attached hydrogens (tertiary/aromatic N) is 1. The fourth-order valence-corrected chi connectivity index (χ4v) is 2.18. The maximum Gasteiger partial charge on any atom is 0.251 e. The second kappa shape index (κ2) is 6.49. The van der Waals surface area contributed by atoms with Gasteiger partial charge in [0.15, 0.2) is 5.78 Å². The van der Waals surface area contributed by atoms with Gasteiger partial charge in [-0.1, -0.05) is 12.1 Å². The van der Waals surface area contributed by atoms with E-state index < -0.39 is 0 Å². The van der Waals surface area contributed by atoms with E-state index in [1.165, 1.54) is 17.6 Å². The highest BCUT2D eigenvalue weighted by atomic mass is 79.9. The van der Waals surface area contributed by atoms with Gasteiger partial charge in [-0.05, 0) is 41.1 Å². The zero-order valence-corrected chi connectivity index (χ0v) is 12.9. The molecule has 0 spiro atoms. The number of halogens is 1. The maximum absolute atomic E-state index is 12.0. The van der Waals surface area contributed by atoms with Crippen molar-refractivity contribution in [2.24, 2.45) is 0 Å². The summed E-state index contributed by atoms with van der Waals surface area (Å²) < 4.78 is 2.02. The Bertz CT molecular complexity index is 753. The lowest BCUT2D eigenvalue weighted by Crippen LogP contribution is -2.26. The SMILES string of the molecule is CC(=O)c1cccc(NC(=O)Cn2cc(Br)ccc2=O)c1. The molecule has 0 saturated carbocycles. The lowest BCUT2D eigenvalue weighted by atomic mass is 10.1. The molecular weight excluding hydrogens is 336 g/mol. The topological polar surface area (TPSA) is 68.2 Å². The Morgan fingerprint density at radius 1 is 1.24 bits per heavy atom. The molecule has 2 aromatic rings. The van der Waals surface area contributed by atoms with E-state index in [9.17, 15) is 14.4 Å². The van der Waals surface area contributed by atoms with Gasteiger partial charge in [-0.2, -0.15) is 0 Å². The molecule has 0 atom stereocenters. The van der Waals surface area contributed by atoms with Crippen molar-refractivity contribution in [1.29, 1.82) is 0 Å². The van der Waals surface area contributed by atoms with Crippen LogP contribution in [0.15, 0.2) is 51.9 Å². The average molecular weight is 349 g/mol. The maximum atomic E-state index is 12.0. The molecule has 5 nitrogen and oxygen atoms in total. The number of nitrogens with one attached hydrogen (secondary N) is 1. The number of aromatic nitrogens is 1. The summed E-state index contributed by atoms with van der Waals surface area (Å²) in [5, 5.41) is 2.67. The Labute approximate surface area is 129 Å². The first-order chi connectivity index (χ1) is 9.95. The number of benzene rings is 1. The molecule has 0 fully saturated rings. The molecule has 0 unspecified atom stereocenters. The van der Waals surface area contributed by atoms with Crippen LogP contribution < -0.4 is 10.9 Å². The summed E-state index contributed by atoms with van der Waals surface area (Å²) in [5.41, 5.74) is 0.786. The fraction of sp³-hybridized carbons (Fsp3) is 0.133. The molecule has 0 saturated heterocycles. The minimum Gasteiger partial charge on any atom is -0.325 e. The van der Waals surface area contributed by atoms with Gasteiger partial charge in [-0.25, -0.2) is 0 Å². The quantitative estimate of drug-likeness (QED) is 0.863. The van der Waals surface area contributed by atoms with Crippen LogP contribution >= 0.6 is 15.9 Å². The Morgan fingerprint density at radius 2 is 2.00 bits per heavy atom. The number of rotatable bonds is 4. The molecule has 0 radical (unpaired) electrons. The van der Waals surface area contributed by atoms with Crippen molar-refractivity contribution in [2.75, 3.05) is 5.32 Å². The van der Waals surface area contributed by atoms with Crippen molar-refractivity contribution in [1.82, 2.24) is 4.57 Å². The molecule has 108 valence electrons. The highest BCUT2D eigenvalue weighted by Crippen LogP contribution is 2.11. The normalized spacial score (nSPS) is 10.2. The van der Waals surface area contributed by atoms with Gasteiger partial charge in [0, 0.05) is 28.0 Å². The second-order valence-corrected chi connectivity index (χ2v) is 5.41. The molecule has 6 heteroatoms. The molecule has 0 aliphatic rings. The third kappa shape index (κ3) is 4.13. The van der Waals surface area contributed by atoms with Crippen LogP contribution in [0.4, 0.5) is 5.69 Å². The smallest absolute Gasteiger partial charge is 0.251 e. The minimum absolute atomic E-state index is 0.0747. The third-order valence-electron chi connectivity index (χ3n) is 2.81. The number of ketones is 1. The van der Waals surface area contributed by atoms with Crippen molar-refractivity contribution in [2.45, 2.75) is 13.5 Å². The largest absolute Gasteiger partial charge is 0.325 e. The molecule has 0 aliphatic carbocycles. The third-order valence-corrected chi connectivity index (χ3v) is 3.28. The van der Waals surface area contributed by atoms with E-state index in [1.807, 2.05) is 0 Å². The zero-order chi connectivity index (χ0) is 15.4. The van der Waals surface area contributed by atoms with E-state index in [-0.39, 0.29) is 23.8 Å². The lowest BCUT2D eigenvalue weighted by Gasteiger charge is -2.08. The number of carbonyl (C=O) groups is 2.